The summed E-state index contributed by atoms with van der Waals surface area (Å²) >= 11 is 5.56. The highest BCUT2D eigenvalue weighted by atomic mass is 32.1. The van der Waals surface area contributed by atoms with Gasteiger partial charge in [-0.15, -0.1) is 0 Å². The van der Waals surface area contributed by atoms with Gasteiger partial charge in [0.25, 0.3) is 0 Å². The number of nitrogens with zero attached hydrogens (tertiary/aromatic N) is 4. The van der Waals surface area contributed by atoms with Crippen molar-refractivity contribution >= 4 is 39.8 Å². The molecule has 0 spiro atoms. The molecule has 0 atom stereocenters. The van der Waals surface area contributed by atoms with Gasteiger partial charge in [0.2, 0.25) is 0 Å². The molecule has 0 unspecified atom stereocenters. The molecule has 0 aliphatic heterocycles. The summed E-state index contributed by atoms with van der Waals surface area (Å²) in [5.74, 6) is 1.27. The van der Waals surface area contributed by atoms with Crippen molar-refractivity contribution in [2.24, 2.45) is 5.10 Å². The van der Waals surface area contributed by atoms with Gasteiger partial charge in [-0.3, -0.25) is 0 Å². The number of para-hydroxylation sites is 1. The van der Waals surface area contributed by atoms with Gasteiger partial charge in [-0.2, -0.15) is 5.10 Å². The summed E-state index contributed by atoms with van der Waals surface area (Å²) in [6.07, 6.45) is 0. The minimum atomic E-state index is 0.409. The third kappa shape index (κ3) is 4.35. The van der Waals surface area contributed by atoms with Crippen molar-refractivity contribution in [3.8, 4) is 11.4 Å². The number of anilines is 1. The number of hydrogen-bond donors (Lipinski definition) is 1. The molecule has 2 aromatic carbocycles. The van der Waals surface area contributed by atoms with Crippen LogP contribution in [0.4, 0.5) is 5.82 Å². The van der Waals surface area contributed by atoms with E-state index >= 15 is 0 Å². The first-order chi connectivity index (χ1) is 13.0. The van der Waals surface area contributed by atoms with Gasteiger partial charge in [0, 0.05) is 22.4 Å². The molecular formula is C21H21N5S. The fraction of sp³-hybridized carbons (Fsp3) is 0.143. The first kappa shape index (κ1) is 18.7. The smallest absolute Gasteiger partial charge is 0.199 e. The lowest BCUT2D eigenvalue weighted by molar-refractivity contribution is 0.561. The number of rotatable bonds is 4. The fourth-order valence-corrected chi connectivity index (χ4v) is 2.84. The zero-order chi connectivity index (χ0) is 19.4. The van der Waals surface area contributed by atoms with Crippen LogP contribution in [0, 0.1) is 0 Å². The highest BCUT2D eigenvalue weighted by Gasteiger charge is 2.14. The summed E-state index contributed by atoms with van der Waals surface area (Å²) in [5.41, 5.74) is 3.38. The zero-order valence-electron chi connectivity index (χ0n) is 15.6. The number of hydrazone groups is 1. The number of nitrogens with one attached hydrogen (secondary N) is 1. The van der Waals surface area contributed by atoms with Gasteiger partial charge in [-0.05, 0) is 45.1 Å². The van der Waals surface area contributed by atoms with E-state index in [0.717, 1.165) is 27.9 Å². The summed E-state index contributed by atoms with van der Waals surface area (Å²) in [6.45, 7) is 9.63. The van der Waals surface area contributed by atoms with Gasteiger partial charge in [-0.25, -0.2) is 15.0 Å². The van der Waals surface area contributed by atoms with Crippen LogP contribution in [0.1, 0.15) is 20.8 Å². The van der Waals surface area contributed by atoms with Crippen LogP contribution in [0.3, 0.4) is 0 Å². The van der Waals surface area contributed by atoms with Crippen molar-refractivity contribution in [1.29, 1.82) is 0 Å². The Morgan fingerprint density at radius 1 is 1.00 bits per heavy atom. The van der Waals surface area contributed by atoms with Gasteiger partial charge in [0.15, 0.2) is 10.9 Å². The number of thiocarbonyl (C=S) groups is 1. The van der Waals surface area contributed by atoms with Crippen LogP contribution in [-0.4, -0.2) is 25.8 Å². The molecular weight excluding hydrogens is 354 g/mol. The third-order valence-electron chi connectivity index (χ3n) is 3.71. The first-order valence-electron chi connectivity index (χ1n) is 8.56. The molecule has 0 amide bonds. The summed E-state index contributed by atoms with van der Waals surface area (Å²) < 4.78 is 0. The van der Waals surface area contributed by atoms with Gasteiger partial charge >= 0.3 is 0 Å². The van der Waals surface area contributed by atoms with Crippen LogP contribution in [0.2, 0.25) is 0 Å². The van der Waals surface area contributed by atoms with E-state index in [-0.39, 0.29) is 0 Å². The van der Waals surface area contributed by atoms with E-state index in [0.29, 0.717) is 16.8 Å². The zero-order valence-corrected chi connectivity index (χ0v) is 16.4. The molecule has 0 fully saturated rings. The van der Waals surface area contributed by atoms with Crippen molar-refractivity contribution in [3.05, 3.63) is 66.9 Å². The van der Waals surface area contributed by atoms with Gasteiger partial charge in [0.05, 0.1) is 5.52 Å². The molecule has 27 heavy (non-hydrogen) atoms. The molecule has 0 saturated carbocycles. The van der Waals surface area contributed by atoms with Crippen molar-refractivity contribution in [1.82, 2.24) is 15.0 Å². The maximum absolute atomic E-state index is 5.56. The quantitative estimate of drug-likeness (QED) is 0.385. The van der Waals surface area contributed by atoms with Crippen LogP contribution in [-0.2, 0) is 0 Å². The van der Waals surface area contributed by atoms with Crippen molar-refractivity contribution in [2.75, 3.05) is 5.32 Å². The van der Waals surface area contributed by atoms with E-state index in [1.165, 1.54) is 0 Å². The summed E-state index contributed by atoms with van der Waals surface area (Å²) in [7, 11) is 0. The minimum Gasteiger partial charge on any atom is -0.315 e. The van der Waals surface area contributed by atoms with Crippen LogP contribution in [0.5, 0.6) is 0 Å². The molecule has 0 aliphatic carbocycles. The molecule has 5 nitrogen and oxygen atoms in total. The maximum atomic E-state index is 5.56. The second kappa shape index (κ2) is 8.05. The molecule has 3 aromatic rings. The molecule has 1 heterocycles. The fourth-order valence-electron chi connectivity index (χ4n) is 2.55. The molecule has 1 aromatic heterocycles. The van der Waals surface area contributed by atoms with E-state index in [1.807, 2.05) is 75.4 Å². The van der Waals surface area contributed by atoms with Crippen LogP contribution < -0.4 is 5.32 Å². The number of allylic oxidation sites excluding steroid dienone is 1. The molecule has 0 bridgehead atoms. The van der Waals surface area contributed by atoms with E-state index < -0.39 is 0 Å². The Balaban J connectivity index is 2.06. The monoisotopic (exact) mass is 375 g/mol. The predicted molar refractivity (Wildman–Crippen MR) is 117 cm³/mol. The predicted octanol–water partition coefficient (Wildman–Crippen LogP) is 5.23. The van der Waals surface area contributed by atoms with Gasteiger partial charge in [0.1, 0.15) is 5.82 Å². The molecule has 6 heteroatoms. The van der Waals surface area contributed by atoms with Crippen molar-refractivity contribution in [3.63, 3.8) is 0 Å². The largest absolute Gasteiger partial charge is 0.315 e. The first-order valence-corrected chi connectivity index (χ1v) is 8.97. The Kier molecular flexibility index (Phi) is 5.57. The lowest BCUT2D eigenvalue weighted by Crippen LogP contribution is -2.29. The Hall–Kier alpha value is -3.12. The van der Waals surface area contributed by atoms with Crippen LogP contribution in [0.15, 0.2) is 72.0 Å². The molecule has 0 radical (unpaired) electrons. The van der Waals surface area contributed by atoms with E-state index in [2.05, 4.69) is 22.0 Å². The Morgan fingerprint density at radius 3 is 2.33 bits per heavy atom. The highest BCUT2D eigenvalue weighted by Crippen LogP contribution is 2.25. The molecule has 1 N–H and O–H groups in total. The second-order valence-corrected chi connectivity index (χ2v) is 6.69. The SMILES string of the molecule is C=C(C)N(N=C(C)C)C(=S)Nc1nc(-c2ccccc2)nc2ccccc12. The molecule has 3 rings (SSSR count). The average Bonchev–Trinajstić information content (AvgIpc) is 2.66. The normalized spacial score (nSPS) is 10.3. The number of benzene rings is 2. The number of hydrogen-bond acceptors (Lipinski definition) is 4. The van der Waals surface area contributed by atoms with Crippen molar-refractivity contribution < 1.29 is 0 Å². The van der Waals surface area contributed by atoms with Gasteiger partial charge in [-0.1, -0.05) is 49.0 Å². The minimum absolute atomic E-state index is 0.409. The summed E-state index contributed by atoms with van der Waals surface area (Å²) in [4.78, 5) is 9.41. The summed E-state index contributed by atoms with van der Waals surface area (Å²) in [5, 5.41) is 10.6. The highest BCUT2D eigenvalue weighted by molar-refractivity contribution is 7.80. The molecule has 0 saturated heterocycles. The lowest BCUT2D eigenvalue weighted by atomic mass is 10.2. The summed E-state index contributed by atoms with van der Waals surface area (Å²) in [6, 6.07) is 17.7. The van der Waals surface area contributed by atoms with E-state index in [4.69, 9.17) is 17.2 Å². The third-order valence-corrected chi connectivity index (χ3v) is 3.99. The second-order valence-electron chi connectivity index (χ2n) is 6.30. The number of aromatic nitrogens is 2. The Morgan fingerprint density at radius 2 is 1.67 bits per heavy atom. The van der Waals surface area contributed by atoms with Gasteiger partial charge < -0.3 is 5.32 Å². The van der Waals surface area contributed by atoms with Crippen LogP contribution >= 0.6 is 12.2 Å². The standard InChI is InChI=1S/C21H21N5S/c1-14(2)25-26(15(3)4)21(27)24-20-17-12-8-9-13-18(17)22-19(23-20)16-10-6-5-7-11-16/h5-13H,3H2,1-2,4H3,(H,22,23,24,27). The maximum Gasteiger partial charge on any atom is 0.199 e. The van der Waals surface area contributed by atoms with E-state index in [9.17, 15) is 0 Å². The van der Waals surface area contributed by atoms with Crippen molar-refractivity contribution in [2.45, 2.75) is 20.8 Å². The topological polar surface area (TPSA) is 53.4 Å². The van der Waals surface area contributed by atoms with Crippen LogP contribution in [0.25, 0.3) is 22.3 Å². The molecule has 136 valence electrons. The Labute approximate surface area is 164 Å². The number of fused-ring (bicyclic) bond motifs is 1. The average molecular weight is 376 g/mol. The molecule has 0 aliphatic rings. The van der Waals surface area contributed by atoms with E-state index in [1.54, 1.807) is 5.01 Å². The Bertz CT molecular complexity index is 1020. The lowest BCUT2D eigenvalue weighted by Gasteiger charge is -2.21.